The molecule has 37 heavy (non-hydrogen) atoms. The third-order valence-electron chi connectivity index (χ3n) is 5.03. The molecule has 11 nitrogen and oxygen atoms in total. The smallest absolute Gasteiger partial charge is 0.324 e. The van der Waals surface area contributed by atoms with E-state index in [2.05, 4.69) is 25.8 Å². The van der Waals surface area contributed by atoms with E-state index in [-0.39, 0.29) is 40.0 Å². The summed E-state index contributed by atoms with van der Waals surface area (Å²) in [5, 5.41) is 9.23. The Balaban J connectivity index is 1.51. The average molecular weight is 509 g/mol. The molecule has 4 rings (SSSR count). The van der Waals surface area contributed by atoms with Crippen molar-refractivity contribution in [3.63, 3.8) is 0 Å². The average Bonchev–Trinajstić information content (AvgIpc) is 3.29. The molecular formula is C25H24FN5O6. The zero-order valence-corrected chi connectivity index (χ0v) is 20.7. The molecule has 0 aliphatic rings. The molecule has 0 fully saturated rings. The van der Waals surface area contributed by atoms with Gasteiger partial charge in [-0.15, -0.1) is 0 Å². The molecule has 12 heteroatoms. The van der Waals surface area contributed by atoms with Gasteiger partial charge in [-0.3, -0.25) is 10.1 Å². The lowest BCUT2D eigenvalue weighted by atomic mass is 9.93. The Labute approximate surface area is 210 Å². The highest BCUT2D eigenvalue weighted by Crippen LogP contribution is 2.37. The first-order valence-electron chi connectivity index (χ1n) is 11.1. The van der Waals surface area contributed by atoms with Gasteiger partial charge < -0.3 is 24.1 Å². The van der Waals surface area contributed by atoms with Gasteiger partial charge in [0.2, 0.25) is 5.88 Å². The van der Waals surface area contributed by atoms with Crippen LogP contribution < -0.4 is 24.8 Å². The first-order valence-corrected chi connectivity index (χ1v) is 11.1. The van der Waals surface area contributed by atoms with E-state index in [0.717, 1.165) is 6.07 Å². The summed E-state index contributed by atoms with van der Waals surface area (Å²) in [7, 11) is 1.42. The minimum absolute atomic E-state index is 0.0269. The molecule has 0 spiro atoms. The second kappa shape index (κ2) is 10.1. The van der Waals surface area contributed by atoms with Gasteiger partial charge in [-0.05, 0) is 18.2 Å². The fourth-order valence-corrected chi connectivity index (χ4v) is 3.25. The molecule has 0 saturated carbocycles. The molecular weight excluding hydrogens is 485 g/mol. The van der Waals surface area contributed by atoms with E-state index in [1.165, 1.54) is 38.6 Å². The highest BCUT2D eigenvalue weighted by molar-refractivity contribution is 5.99. The number of methoxy groups -OCH3 is 1. The van der Waals surface area contributed by atoms with E-state index in [1.54, 1.807) is 12.1 Å². The fourth-order valence-electron chi connectivity index (χ4n) is 3.25. The van der Waals surface area contributed by atoms with E-state index in [9.17, 15) is 14.0 Å². The maximum absolute atomic E-state index is 14.9. The number of urea groups is 1. The minimum atomic E-state index is -0.755. The van der Waals surface area contributed by atoms with Gasteiger partial charge in [-0.25, -0.2) is 19.2 Å². The first-order chi connectivity index (χ1) is 17.5. The fraction of sp³-hybridized carbons (Fsp3) is 0.240. The molecule has 0 aliphatic heterocycles. The predicted octanol–water partition coefficient (Wildman–Crippen LogP) is 5.42. The molecule has 0 saturated heterocycles. The zero-order chi connectivity index (χ0) is 26.7. The van der Waals surface area contributed by atoms with Crippen LogP contribution in [-0.2, 0) is 10.2 Å². The second-order valence-electron chi connectivity index (χ2n) is 8.95. The number of amides is 2. The number of rotatable bonds is 6. The Morgan fingerprint density at radius 3 is 2.43 bits per heavy atom. The Morgan fingerprint density at radius 1 is 1.00 bits per heavy atom. The normalized spacial score (nSPS) is 11.2. The van der Waals surface area contributed by atoms with Gasteiger partial charge in [-0.1, -0.05) is 25.9 Å². The quantitative estimate of drug-likeness (QED) is 0.257. The molecule has 2 aromatic carbocycles. The third kappa shape index (κ3) is 5.92. The summed E-state index contributed by atoms with van der Waals surface area (Å²) in [6.07, 6.45) is 1.25. The molecule has 2 aromatic heterocycles. The standard InChI is InChI=1S/C25H24FN5O6/c1-13(32)35-20-9-15-17(10-19(20)34-5)27-12-28-23(15)36-18-7-6-14(8-16(18)26)29-24(33)30-22-11-21(37-31-22)25(2,3)4/h6-12H,1-5H3,(H2,29,30,31,33). The van der Waals surface area contributed by atoms with E-state index >= 15 is 0 Å². The van der Waals surface area contributed by atoms with E-state index in [1.807, 2.05) is 20.8 Å². The minimum Gasteiger partial charge on any atom is -0.493 e. The van der Waals surface area contributed by atoms with Crippen LogP contribution in [0.4, 0.5) is 20.7 Å². The molecule has 0 atom stereocenters. The van der Waals surface area contributed by atoms with Crippen LogP contribution in [0.2, 0.25) is 0 Å². The van der Waals surface area contributed by atoms with Crippen molar-refractivity contribution in [3.05, 3.63) is 54.3 Å². The number of carbonyl (C=O) groups is 2. The molecule has 2 heterocycles. The third-order valence-corrected chi connectivity index (χ3v) is 5.03. The maximum atomic E-state index is 14.9. The number of aromatic nitrogens is 3. The SMILES string of the molecule is COc1cc2ncnc(Oc3ccc(NC(=O)Nc4cc(C(C)(C)C)on4)cc3F)c2cc1OC(C)=O. The highest BCUT2D eigenvalue weighted by atomic mass is 19.1. The number of hydrogen-bond donors (Lipinski definition) is 2. The number of fused-ring (bicyclic) bond motifs is 1. The summed E-state index contributed by atoms with van der Waals surface area (Å²) in [5.74, 6) is -0.180. The van der Waals surface area contributed by atoms with Gasteiger partial charge in [0.05, 0.1) is 18.0 Å². The van der Waals surface area contributed by atoms with Gasteiger partial charge in [-0.2, -0.15) is 0 Å². The molecule has 0 aliphatic carbocycles. The van der Waals surface area contributed by atoms with Crippen LogP contribution in [0.15, 0.2) is 47.2 Å². The predicted molar refractivity (Wildman–Crippen MR) is 132 cm³/mol. The van der Waals surface area contributed by atoms with Gasteiger partial charge in [0.1, 0.15) is 12.1 Å². The summed E-state index contributed by atoms with van der Waals surface area (Å²) in [6, 6.07) is 7.89. The topological polar surface area (TPSA) is 138 Å². The van der Waals surface area contributed by atoms with E-state index in [4.69, 9.17) is 18.7 Å². The number of ether oxygens (including phenoxy) is 3. The lowest BCUT2D eigenvalue weighted by Crippen LogP contribution is -2.19. The lowest BCUT2D eigenvalue weighted by molar-refractivity contribution is -0.132. The van der Waals surface area contributed by atoms with Crippen LogP contribution in [0.3, 0.4) is 0 Å². The van der Waals surface area contributed by atoms with Crippen LogP contribution in [0.1, 0.15) is 33.5 Å². The molecule has 192 valence electrons. The van der Waals surface area contributed by atoms with Crippen LogP contribution in [0.25, 0.3) is 10.9 Å². The molecule has 0 unspecified atom stereocenters. The van der Waals surface area contributed by atoms with Crippen molar-refractivity contribution in [2.24, 2.45) is 0 Å². The van der Waals surface area contributed by atoms with Crippen LogP contribution in [-0.4, -0.2) is 34.2 Å². The summed E-state index contributed by atoms with van der Waals surface area (Å²) < 4.78 is 36.2. The van der Waals surface area contributed by atoms with Gasteiger partial charge in [0.25, 0.3) is 0 Å². The number of esters is 1. The summed E-state index contributed by atoms with van der Waals surface area (Å²) in [4.78, 5) is 32.0. The number of nitrogens with zero attached hydrogens (tertiary/aromatic N) is 3. The van der Waals surface area contributed by atoms with E-state index in [0.29, 0.717) is 16.7 Å². The molecule has 4 aromatic rings. The number of hydrogen-bond acceptors (Lipinski definition) is 9. The zero-order valence-electron chi connectivity index (χ0n) is 20.7. The Morgan fingerprint density at radius 2 is 1.78 bits per heavy atom. The maximum Gasteiger partial charge on any atom is 0.324 e. The number of halogens is 1. The van der Waals surface area contributed by atoms with Crippen molar-refractivity contribution in [2.45, 2.75) is 33.1 Å². The molecule has 2 N–H and O–H groups in total. The van der Waals surface area contributed by atoms with Crippen molar-refractivity contribution in [3.8, 4) is 23.1 Å². The molecule has 0 bridgehead atoms. The van der Waals surface area contributed by atoms with Crippen molar-refractivity contribution in [1.82, 2.24) is 15.1 Å². The Bertz CT molecular complexity index is 1480. The summed E-state index contributed by atoms with van der Waals surface area (Å²) in [6.45, 7) is 7.10. The number of nitrogens with one attached hydrogen (secondary N) is 2. The van der Waals surface area contributed by atoms with Crippen molar-refractivity contribution >= 4 is 34.4 Å². The molecule has 0 radical (unpaired) electrons. The first kappa shape index (κ1) is 25.4. The summed E-state index contributed by atoms with van der Waals surface area (Å²) >= 11 is 0. The van der Waals surface area contributed by atoms with Crippen molar-refractivity contribution < 1.29 is 32.7 Å². The molecule has 2 amide bonds. The van der Waals surface area contributed by atoms with Gasteiger partial charge in [0.15, 0.2) is 28.9 Å². The Hall–Kier alpha value is -4.74. The number of anilines is 2. The summed E-state index contributed by atoms with van der Waals surface area (Å²) in [5.41, 5.74) is 0.331. The van der Waals surface area contributed by atoms with Crippen LogP contribution in [0.5, 0.6) is 23.1 Å². The number of carbonyl (C=O) groups excluding carboxylic acids is 2. The van der Waals surface area contributed by atoms with Crippen LogP contribution >= 0.6 is 0 Å². The van der Waals surface area contributed by atoms with Crippen molar-refractivity contribution in [2.75, 3.05) is 17.7 Å². The largest absolute Gasteiger partial charge is 0.493 e. The van der Waals surface area contributed by atoms with E-state index < -0.39 is 17.8 Å². The van der Waals surface area contributed by atoms with Gasteiger partial charge in [0, 0.05) is 36.2 Å². The lowest BCUT2D eigenvalue weighted by Gasteiger charge is -2.12. The Kier molecular flexibility index (Phi) is 6.92. The second-order valence-corrected chi connectivity index (χ2v) is 8.95. The van der Waals surface area contributed by atoms with Crippen molar-refractivity contribution in [1.29, 1.82) is 0 Å². The van der Waals surface area contributed by atoms with Gasteiger partial charge >= 0.3 is 12.0 Å². The highest BCUT2D eigenvalue weighted by Gasteiger charge is 2.21. The monoisotopic (exact) mass is 509 g/mol. The number of benzene rings is 2. The van der Waals surface area contributed by atoms with Crippen LogP contribution in [0, 0.1) is 5.82 Å².